The molecule has 1 aromatic rings. The van der Waals surface area contributed by atoms with Crippen LogP contribution in [0.15, 0.2) is 25.0 Å². The van der Waals surface area contributed by atoms with E-state index < -0.39 is 0 Å². The van der Waals surface area contributed by atoms with Crippen LogP contribution >= 0.6 is 22.6 Å². The topological polar surface area (TPSA) is 35.0 Å². The van der Waals surface area contributed by atoms with Gasteiger partial charge in [0.1, 0.15) is 0 Å². The predicted molar refractivity (Wildman–Crippen MR) is 59.7 cm³/mol. The van der Waals surface area contributed by atoms with Gasteiger partial charge in [0.2, 0.25) is 0 Å². The van der Waals surface area contributed by atoms with E-state index in [9.17, 15) is 0 Å². The SMILES string of the molecule is C=CCCCOc1ncc(I)cn1. The first-order chi connectivity index (χ1) is 6.33. The van der Waals surface area contributed by atoms with Crippen molar-refractivity contribution in [2.45, 2.75) is 12.8 Å². The Balaban J connectivity index is 2.28. The molecule has 0 unspecified atom stereocenters. The summed E-state index contributed by atoms with van der Waals surface area (Å²) in [6.07, 6.45) is 7.26. The van der Waals surface area contributed by atoms with Gasteiger partial charge >= 0.3 is 6.01 Å². The molecule has 1 rings (SSSR count). The van der Waals surface area contributed by atoms with Crippen molar-refractivity contribution >= 4 is 22.6 Å². The number of halogens is 1. The monoisotopic (exact) mass is 290 g/mol. The number of nitrogens with zero attached hydrogens (tertiary/aromatic N) is 2. The molecule has 0 saturated heterocycles. The molecule has 0 N–H and O–H groups in total. The Kier molecular flexibility index (Phi) is 4.74. The van der Waals surface area contributed by atoms with Gasteiger partial charge in [0.15, 0.2) is 0 Å². The van der Waals surface area contributed by atoms with Crippen LogP contribution in [0.2, 0.25) is 0 Å². The van der Waals surface area contributed by atoms with Crippen LogP contribution in [0.25, 0.3) is 0 Å². The van der Waals surface area contributed by atoms with Crippen molar-refractivity contribution in [3.8, 4) is 6.01 Å². The Morgan fingerprint density at radius 1 is 1.46 bits per heavy atom. The zero-order valence-corrected chi connectivity index (χ0v) is 9.40. The molecule has 0 saturated carbocycles. The molecule has 13 heavy (non-hydrogen) atoms. The Labute approximate surface area is 91.4 Å². The van der Waals surface area contributed by atoms with E-state index in [1.165, 1.54) is 0 Å². The highest BCUT2D eigenvalue weighted by molar-refractivity contribution is 14.1. The van der Waals surface area contributed by atoms with Crippen LogP contribution in [-0.2, 0) is 0 Å². The third kappa shape index (κ3) is 4.21. The van der Waals surface area contributed by atoms with E-state index in [0.717, 1.165) is 16.4 Å². The number of aromatic nitrogens is 2. The lowest BCUT2D eigenvalue weighted by molar-refractivity contribution is 0.287. The van der Waals surface area contributed by atoms with Gasteiger partial charge in [0.05, 0.1) is 6.61 Å². The second-order valence-electron chi connectivity index (χ2n) is 2.46. The molecule has 0 aliphatic heterocycles. The Morgan fingerprint density at radius 2 is 2.15 bits per heavy atom. The molecule has 70 valence electrons. The molecular weight excluding hydrogens is 279 g/mol. The maximum atomic E-state index is 5.29. The fourth-order valence-corrected chi connectivity index (χ4v) is 1.04. The minimum atomic E-state index is 0.449. The van der Waals surface area contributed by atoms with Crippen molar-refractivity contribution in [1.29, 1.82) is 0 Å². The fraction of sp³-hybridized carbons (Fsp3) is 0.333. The quantitative estimate of drug-likeness (QED) is 0.474. The average molecular weight is 290 g/mol. The van der Waals surface area contributed by atoms with Crippen LogP contribution in [-0.4, -0.2) is 16.6 Å². The van der Waals surface area contributed by atoms with Crippen molar-refractivity contribution in [3.63, 3.8) is 0 Å². The summed E-state index contributed by atoms with van der Waals surface area (Å²) in [5.74, 6) is 0. The summed E-state index contributed by atoms with van der Waals surface area (Å²) < 4.78 is 6.30. The third-order valence-electron chi connectivity index (χ3n) is 1.38. The standard InChI is InChI=1S/C9H11IN2O/c1-2-3-4-5-13-9-11-6-8(10)7-12-9/h2,6-7H,1,3-5H2. The number of hydrogen-bond donors (Lipinski definition) is 0. The molecule has 0 bridgehead atoms. The van der Waals surface area contributed by atoms with Gasteiger partial charge in [-0.2, -0.15) is 0 Å². The molecule has 0 aromatic carbocycles. The maximum absolute atomic E-state index is 5.29. The number of rotatable bonds is 5. The molecule has 4 heteroatoms. The molecule has 0 amide bonds. The number of hydrogen-bond acceptors (Lipinski definition) is 3. The first-order valence-electron chi connectivity index (χ1n) is 4.04. The van der Waals surface area contributed by atoms with Crippen molar-refractivity contribution in [1.82, 2.24) is 9.97 Å². The summed E-state index contributed by atoms with van der Waals surface area (Å²) in [5.41, 5.74) is 0. The maximum Gasteiger partial charge on any atom is 0.316 e. The highest BCUT2D eigenvalue weighted by Crippen LogP contribution is 2.05. The van der Waals surface area contributed by atoms with Gasteiger partial charge in [-0.15, -0.1) is 6.58 Å². The molecule has 0 aliphatic rings. The van der Waals surface area contributed by atoms with E-state index in [1.807, 2.05) is 6.08 Å². The lowest BCUT2D eigenvalue weighted by Gasteiger charge is -2.01. The van der Waals surface area contributed by atoms with E-state index in [0.29, 0.717) is 12.6 Å². The molecule has 1 aromatic heterocycles. The zero-order chi connectivity index (χ0) is 9.52. The normalized spacial score (nSPS) is 9.62. The summed E-state index contributed by atoms with van der Waals surface area (Å²) in [6.45, 7) is 4.27. The first-order valence-corrected chi connectivity index (χ1v) is 5.12. The molecular formula is C9H11IN2O. The van der Waals surface area contributed by atoms with Gasteiger partial charge in [0, 0.05) is 16.0 Å². The summed E-state index contributed by atoms with van der Waals surface area (Å²) in [5, 5.41) is 0. The van der Waals surface area contributed by atoms with Gasteiger partial charge in [0.25, 0.3) is 0 Å². The Morgan fingerprint density at radius 3 is 2.77 bits per heavy atom. The van der Waals surface area contributed by atoms with E-state index in [4.69, 9.17) is 4.74 Å². The number of ether oxygens (including phenoxy) is 1. The molecule has 0 fully saturated rings. The van der Waals surface area contributed by atoms with E-state index in [-0.39, 0.29) is 0 Å². The second kappa shape index (κ2) is 5.90. The Hall–Kier alpha value is -0.650. The Bertz CT molecular complexity index is 261. The summed E-state index contributed by atoms with van der Waals surface area (Å²) in [4.78, 5) is 8.02. The van der Waals surface area contributed by atoms with Crippen LogP contribution in [0, 0.1) is 3.57 Å². The first kappa shape index (κ1) is 10.4. The van der Waals surface area contributed by atoms with Crippen molar-refractivity contribution in [2.75, 3.05) is 6.61 Å². The van der Waals surface area contributed by atoms with Crippen molar-refractivity contribution in [2.24, 2.45) is 0 Å². The van der Waals surface area contributed by atoms with Crippen LogP contribution in [0.5, 0.6) is 6.01 Å². The largest absolute Gasteiger partial charge is 0.463 e. The van der Waals surface area contributed by atoms with Gasteiger partial charge in [-0.25, -0.2) is 9.97 Å². The van der Waals surface area contributed by atoms with Crippen LogP contribution in [0.4, 0.5) is 0 Å². The van der Waals surface area contributed by atoms with Crippen molar-refractivity contribution in [3.05, 3.63) is 28.6 Å². The molecule has 3 nitrogen and oxygen atoms in total. The van der Waals surface area contributed by atoms with Crippen LogP contribution in [0.1, 0.15) is 12.8 Å². The lowest BCUT2D eigenvalue weighted by Crippen LogP contribution is -2.00. The lowest BCUT2D eigenvalue weighted by atomic mass is 10.3. The van der Waals surface area contributed by atoms with E-state index >= 15 is 0 Å². The van der Waals surface area contributed by atoms with Gasteiger partial charge < -0.3 is 4.74 Å². The second-order valence-corrected chi connectivity index (χ2v) is 3.71. The van der Waals surface area contributed by atoms with Crippen LogP contribution < -0.4 is 4.74 Å². The molecule has 0 aliphatic carbocycles. The molecule has 1 heterocycles. The van der Waals surface area contributed by atoms with Crippen LogP contribution in [0.3, 0.4) is 0 Å². The summed E-state index contributed by atoms with van der Waals surface area (Å²) >= 11 is 2.15. The van der Waals surface area contributed by atoms with Crippen molar-refractivity contribution < 1.29 is 4.74 Å². The zero-order valence-electron chi connectivity index (χ0n) is 7.24. The van der Waals surface area contributed by atoms with E-state index in [2.05, 4.69) is 39.1 Å². The highest BCUT2D eigenvalue weighted by Gasteiger charge is 1.95. The molecule has 0 radical (unpaired) electrons. The van der Waals surface area contributed by atoms with E-state index in [1.54, 1.807) is 12.4 Å². The summed E-state index contributed by atoms with van der Waals surface area (Å²) in [6, 6.07) is 0.449. The minimum absolute atomic E-state index is 0.449. The van der Waals surface area contributed by atoms with Gasteiger partial charge in [-0.05, 0) is 35.4 Å². The highest BCUT2D eigenvalue weighted by atomic mass is 127. The fourth-order valence-electron chi connectivity index (χ4n) is 0.766. The average Bonchev–Trinajstić information content (AvgIpc) is 2.15. The number of allylic oxidation sites excluding steroid dienone is 1. The summed E-state index contributed by atoms with van der Waals surface area (Å²) in [7, 11) is 0. The molecule has 0 spiro atoms. The van der Waals surface area contributed by atoms with Gasteiger partial charge in [-0.1, -0.05) is 6.08 Å². The van der Waals surface area contributed by atoms with Gasteiger partial charge in [-0.3, -0.25) is 0 Å². The third-order valence-corrected chi connectivity index (χ3v) is 1.94. The smallest absolute Gasteiger partial charge is 0.316 e. The molecule has 0 atom stereocenters. The minimum Gasteiger partial charge on any atom is -0.463 e. The number of unbranched alkanes of at least 4 members (excludes halogenated alkanes) is 1. The predicted octanol–water partition coefficient (Wildman–Crippen LogP) is 2.43.